The molecule has 0 unspecified atom stereocenters. The molecule has 0 saturated heterocycles. The van der Waals surface area contributed by atoms with Gasteiger partial charge in [-0.1, -0.05) is 0 Å². The zero-order chi connectivity index (χ0) is 20.5. The van der Waals surface area contributed by atoms with Crippen LogP contribution in [0.5, 0.6) is 17.2 Å². The molecule has 0 amide bonds. The van der Waals surface area contributed by atoms with Crippen molar-refractivity contribution in [2.45, 2.75) is 13.5 Å². The maximum Gasteiger partial charge on any atom is 0.195 e. The molecule has 4 aromatic rings. The SMILES string of the molecule is CCn1c(-c2ccc(O)cc2)c(C(=O)c2ccc(OC)cc2)c2ccc(O)cc21. The van der Waals surface area contributed by atoms with Crippen LogP contribution in [0.2, 0.25) is 0 Å². The van der Waals surface area contributed by atoms with E-state index in [1.165, 1.54) is 0 Å². The molecule has 0 aliphatic heterocycles. The van der Waals surface area contributed by atoms with Crippen LogP contribution < -0.4 is 4.74 Å². The fraction of sp³-hybridized carbons (Fsp3) is 0.125. The van der Waals surface area contributed by atoms with E-state index in [0.717, 1.165) is 22.2 Å². The van der Waals surface area contributed by atoms with E-state index in [2.05, 4.69) is 0 Å². The number of hydrogen-bond acceptors (Lipinski definition) is 4. The molecule has 29 heavy (non-hydrogen) atoms. The standard InChI is InChI=1S/C24H21NO4/c1-3-25-21-14-18(27)10-13-20(21)22(23(25)15-4-8-17(26)9-5-15)24(28)16-6-11-19(29-2)12-7-16/h4-14,26-27H,3H2,1-2H3. The number of ether oxygens (including phenoxy) is 1. The molecule has 0 saturated carbocycles. The van der Waals surface area contributed by atoms with Gasteiger partial charge in [0.25, 0.3) is 0 Å². The lowest BCUT2D eigenvalue weighted by atomic mass is 9.97. The largest absolute Gasteiger partial charge is 0.508 e. The van der Waals surface area contributed by atoms with Crippen molar-refractivity contribution in [3.8, 4) is 28.5 Å². The van der Waals surface area contributed by atoms with Crippen molar-refractivity contribution >= 4 is 16.7 Å². The minimum absolute atomic E-state index is 0.112. The van der Waals surface area contributed by atoms with Crippen LogP contribution in [0, 0.1) is 0 Å². The number of phenols is 2. The van der Waals surface area contributed by atoms with Gasteiger partial charge in [-0.15, -0.1) is 0 Å². The monoisotopic (exact) mass is 387 g/mol. The number of hydrogen-bond donors (Lipinski definition) is 2. The summed E-state index contributed by atoms with van der Waals surface area (Å²) < 4.78 is 7.21. The average molecular weight is 387 g/mol. The van der Waals surface area contributed by atoms with Crippen LogP contribution in [0.15, 0.2) is 66.7 Å². The second-order valence-electron chi connectivity index (χ2n) is 6.77. The summed E-state index contributed by atoms with van der Waals surface area (Å²) in [5.41, 5.74) is 3.48. The highest BCUT2D eigenvalue weighted by Gasteiger charge is 2.24. The molecule has 5 heteroatoms. The first-order valence-electron chi connectivity index (χ1n) is 9.37. The van der Waals surface area contributed by atoms with E-state index in [0.29, 0.717) is 23.4 Å². The van der Waals surface area contributed by atoms with E-state index in [-0.39, 0.29) is 17.3 Å². The molecule has 0 bridgehead atoms. The summed E-state index contributed by atoms with van der Waals surface area (Å²) in [5.74, 6) is 0.874. The number of carbonyl (C=O) groups is 1. The molecule has 3 aromatic carbocycles. The Labute approximate surface area is 168 Å². The van der Waals surface area contributed by atoms with Crippen LogP contribution in [-0.4, -0.2) is 27.7 Å². The lowest BCUT2D eigenvalue weighted by Gasteiger charge is -2.11. The van der Waals surface area contributed by atoms with E-state index in [4.69, 9.17) is 4.74 Å². The van der Waals surface area contributed by atoms with Gasteiger partial charge in [0.2, 0.25) is 0 Å². The number of benzene rings is 3. The van der Waals surface area contributed by atoms with E-state index in [1.807, 2.05) is 11.5 Å². The Balaban J connectivity index is 2.01. The van der Waals surface area contributed by atoms with Crippen molar-refractivity contribution in [3.63, 3.8) is 0 Å². The first-order valence-corrected chi connectivity index (χ1v) is 9.37. The number of methoxy groups -OCH3 is 1. The molecule has 0 aliphatic carbocycles. The Morgan fingerprint density at radius 1 is 0.931 bits per heavy atom. The van der Waals surface area contributed by atoms with Gasteiger partial charge in [0.15, 0.2) is 5.78 Å². The predicted octanol–water partition coefficient (Wildman–Crippen LogP) is 4.98. The average Bonchev–Trinajstić information content (AvgIpc) is 3.07. The number of aromatic hydroxyl groups is 2. The summed E-state index contributed by atoms with van der Waals surface area (Å²) in [4.78, 5) is 13.6. The number of ketones is 1. The third-order valence-electron chi connectivity index (χ3n) is 5.08. The number of aryl methyl sites for hydroxylation is 1. The highest BCUT2D eigenvalue weighted by atomic mass is 16.5. The van der Waals surface area contributed by atoms with Crippen molar-refractivity contribution in [2.75, 3.05) is 7.11 Å². The molecular weight excluding hydrogens is 366 g/mol. The van der Waals surface area contributed by atoms with Gasteiger partial charge in [0.1, 0.15) is 17.2 Å². The molecule has 146 valence electrons. The van der Waals surface area contributed by atoms with E-state index in [1.54, 1.807) is 73.8 Å². The highest BCUT2D eigenvalue weighted by Crippen LogP contribution is 2.37. The van der Waals surface area contributed by atoms with Crippen LogP contribution in [0.25, 0.3) is 22.2 Å². The van der Waals surface area contributed by atoms with Gasteiger partial charge in [0.05, 0.1) is 23.9 Å². The Morgan fingerprint density at radius 2 is 1.59 bits per heavy atom. The normalized spacial score (nSPS) is 11.0. The number of nitrogens with zero attached hydrogens (tertiary/aromatic N) is 1. The van der Waals surface area contributed by atoms with Gasteiger partial charge in [0, 0.05) is 23.6 Å². The van der Waals surface area contributed by atoms with Gasteiger partial charge in [-0.3, -0.25) is 4.79 Å². The second kappa shape index (κ2) is 7.36. The number of aromatic nitrogens is 1. The molecule has 0 radical (unpaired) electrons. The summed E-state index contributed by atoms with van der Waals surface area (Å²) in [6.45, 7) is 2.61. The van der Waals surface area contributed by atoms with Crippen molar-refractivity contribution in [1.82, 2.24) is 4.57 Å². The van der Waals surface area contributed by atoms with Crippen LogP contribution in [0.1, 0.15) is 22.8 Å². The second-order valence-corrected chi connectivity index (χ2v) is 6.77. The number of rotatable bonds is 5. The smallest absolute Gasteiger partial charge is 0.195 e. The van der Waals surface area contributed by atoms with E-state index >= 15 is 0 Å². The summed E-state index contributed by atoms with van der Waals surface area (Å²) in [5, 5.41) is 20.5. The van der Waals surface area contributed by atoms with Crippen molar-refractivity contribution in [2.24, 2.45) is 0 Å². The minimum Gasteiger partial charge on any atom is -0.508 e. The Morgan fingerprint density at radius 3 is 2.21 bits per heavy atom. The lowest BCUT2D eigenvalue weighted by Crippen LogP contribution is -2.05. The third-order valence-corrected chi connectivity index (χ3v) is 5.08. The van der Waals surface area contributed by atoms with Crippen LogP contribution >= 0.6 is 0 Å². The zero-order valence-corrected chi connectivity index (χ0v) is 16.2. The minimum atomic E-state index is -0.112. The maximum absolute atomic E-state index is 13.6. The van der Waals surface area contributed by atoms with E-state index < -0.39 is 0 Å². The number of phenolic OH excluding ortho intramolecular Hbond substituents is 2. The number of fused-ring (bicyclic) bond motifs is 1. The van der Waals surface area contributed by atoms with Crippen molar-refractivity contribution in [3.05, 3.63) is 77.9 Å². The molecule has 2 N–H and O–H groups in total. The van der Waals surface area contributed by atoms with Crippen LogP contribution in [0.4, 0.5) is 0 Å². The van der Waals surface area contributed by atoms with Gasteiger partial charge < -0.3 is 19.5 Å². The fourth-order valence-corrected chi connectivity index (χ4v) is 3.70. The molecule has 0 atom stereocenters. The van der Waals surface area contributed by atoms with Gasteiger partial charge in [-0.05, 0) is 73.2 Å². The predicted molar refractivity (Wildman–Crippen MR) is 113 cm³/mol. The molecule has 0 fully saturated rings. The Hall–Kier alpha value is -3.73. The van der Waals surface area contributed by atoms with Crippen molar-refractivity contribution < 1.29 is 19.7 Å². The first-order chi connectivity index (χ1) is 14.0. The first kappa shape index (κ1) is 18.6. The van der Waals surface area contributed by atoms with Crippen molar-refractivity contribution in [1.29, 1.82) is 0 Å². The maximum atomic E-state index is 13.6. The summed E-state index contributed by atoms with van der Waals surface area (Å²) in [6, 6.07) is 18.9. The van der Waals surface area contributed by atoms with E-state index in [9.17, 15) is 15.0 Å². The Kier molecular flexibility index (Phi) is 4.72. The molecule has 4 rings (SSSR count). The summed E-state index contributed by atoms with van der Waals surface area (Å²) >= 11 is 0. The lowest BCUT2D eigenvalue weighted by molar-refractivity contribution is 0.104. The third kappa shape index (κ3) is 3.21. The molecule has 1 aromatic heterocycles. The van der Waals surface area contributed by atoms with Gasteiger partial charge in [-0.2, -0.15) is 0 Å². The summed E-state index contributed by atoms with van der Waals surface area (Å²) in [6.07, 6.45) is 0. The zero-order valence-electron chi connectivity index (χ0n) is 16.2. The fourth-order valence-electron chi connectivity index (χ4n) is 3.70. The van der Waals surface area contributed by atoms with Crippen LogP contribution in [-0.2, 0) is 6.54 Å². The number of carbonyl (C=O) groups excluding carboxylic acids is 1. The quantitative estimate of drug-likeness (QED) is 0.474. The van der Waals surface area contributed by atoms with Crippen LogP contribution in [0.3, 0.4) is 0 Å². The van der Waals surface area contributed by atoms with Gasteiger partial charge in [-0.25, -0.2) is 0 Å². The highest BCUT2D eigenvalue weighted by molar-refractivity contribution is 6.20. The molecule has 1 heterocycles. The topological polar surface area (TPSA) is 71.7 Å². The molecule has 0 aliphatic rings. The molecule has 5 nitrogen and oxygen atoms in total. The summed E-state index contributed by atoms with van der Waals surface area (Å²) in [7, 11) is 1.58. The van der Waals surface area contributed by atoms with Gasteiger partial charge >= 0.3 is 0 Å². The molecule has 0 spiro atoms. The molecular formula is C24H21NO4. The Bertz CT molecular complexity index is 1190.